The molecule has 6 heteroatoms. The van der Waals surface area contributed by atoms with Gasteiger partial charge in [0, 0.05) is 12.5 Å². The van der Waals surface area contributed by atoms with Gasteiger partial charge >= 0.3 is 0 Å². The zero-order chi connectivity index (χ0) is 11.0. The molecule has 16 heavy (non-hydrogen) atoms. The zero-order valence-corrected chi connectivity index (χ0v) is 10.5. The fraction of sp³-hybridized carbons (Fsp3) is 0.300. The normalized spacial score (nSPS) is 19.2. The molecule has 0 saturated carbocycles. The molecule has 0 fully saturated rings. The monoisotopic (exact) mass is 281 g/mol. The van der Waals surface area contributed by atoms with Crippen LogP contribution in [0.25, 0.3) is 0 Å². The molecule has 2 rings (SSSR count). The quantitative estimate of drug-likeness (QED) is 0.796. The van der Waals surface area contributed by atoms with Crippen LogP contribution in [0.3, 0.4) is 0 Å². The van der Waals surface area contributed by atoms with Crippen molar-refractivity contribution in [2.24, 2.45) is 5.73 Å². The van der Waals surface area contributed by atoms with E-state index in [-0.39, 0.29) is 18.2 Å². The Morgan fingerprint density at radius 2 is 1.94 bits per heavy atom. The minimum absolute atomic E-state index is 0. The number of Topliss-reactive ketones (excluding diaryl/α,β-unsaturated/α-hetero) is 1. The van der Waals surface area contributed by atoms with E-state index in [9.17, 15) is 4.79 Å². The lowest BCUT2D eigenvalue weighted by Crippen LogP contribution is -2.30. The number of hydrogen-bond acceptors (Lipinski definition) is 3. The summed E-state index contributed by atoms with van der Waals surface area (Å²) >= 11 is 11.7. The minimum Gasteiger partial charge on any atom is -0.493 e. The summed E-state index contributed by atoms with van der Waals surface area (Å²) in [6.45, 7) is 0.415. The molecular weight excluding hydrogens is 272 g/mol. The molecule has 0 spiro atoms. The van der Waals surface area contributed by atoms with Crippen molar-refractivity contribution in [2.45, 2.75) is 12.5 Å². The van der Waals surface area contributed by atoms with Gasteiger partial charge in [-0.3, -0.25) is 4.79 Å². The van der Waals surface area contributed by atoms with Crippen LogP contribution in [0.2, 0.25) is 10.0 Å². The molecule has 0 radical (unpaired) electrons. The number of fused-ring (bicyclic) bond motifs is 1. The summed E-state index contributed by atoms with van der Waals surface area (Å²) in [5, 5.41) is 0.708. The number of halogens is 3. The number of ketones is 1. The summed E-state index contributed by atoms with van der Waals surface area (Å²) in [4.78, 5) is 11.8. The summed E-state index contributed by atoms with van der Waals surface area (Å²) in [6.07, 6.45) is 0.503. The number of ether oxygens (including phenoxy) is 1. The number of benzene rings is 1. The fourth-order valence-electron chi connectivity index (χ4n) is 1.47. The lowest BCUT2D eigenvalue weighted by atomic mass is 10.0. The molecule has 1 atom stereocenters. The molecule has 1 aliphatic rings. The van der Waals surface area contributed by atoms with E-state index < -0.39 is 6.04 Å². The molecule has 1 heterocycles. The average molecular weight is 283 g/mol. The number of rotatable bonds is 0. The molecule has 88 valence electrons. The van der Waals surface area contributed by atoms with E-state index in [0.717, 1.165) is 0 Å². The van der Waals surface area contributed by atoms with Gasteiger partial charge in [0.2, 0.25) is 0 Å². The van der Waals surface area contributed by atoms with Crippen LogP contribution in [0.1, 0.15) is 16.8 Å². The second kappa shape index (κ2) is 5.23. The van der Waals surface area contributed by atoms with Gasteiger partial charge in [0.1, 0.15) is 5.75 Å². The van der Waals surface area contributed by atoms with Crippen molar-refractivity contribution in [2.75, 3.05) is 6.61 Å². The standard InChI is InChI=1S/C10H9Cl2NO2.ClH/c11-6-3-5-9(4-7(6)12)15-2-1-8(13)10(5)14;/h3-4,8H,1-2,13H2;1H. The first-order chi connectivity index (χ1) is 7.09. The van der Waals surface area contributed by atoms with Crippen LogP contribution in [-0.2, 0) is 0 Å². The molecule has 0 saturated heterocycles. The van der Waals surface area contributed by atoms with E-state index >= 15 is 0 Å². The fourth-order valence-corrected chi connectivity index (χ4v) is 1.78. The van der Waals surface area contributed by atoms with E-state index in [2.05, 4.69) is 0 Å². The van der Waals surface area contributed by atoms with E-state index in [1.165, 1.54) is 6.07 Å². The minimum atomic E-state index is -0.525. The molecule has 1 aromatic rings. The van der Waals surface area contributed by atoms with Gasteiger partial charge in [-0.05, 0) is 6.07 Å². The highest BCUT2D eigenvalue weighted by Crippen LogP contribution is 2.32. The van der Waals surface area contributed by atoms with Crippen LogP contribution >= 0.6 is 35.6 Å². The Bertz CT molecular complexity index is 423. The smallest absolute Gasteiger partial charge is 0.183 e. The number of carbonyl (C=O) groups is 1. The Kier molecular flexibility index (Phi) is 4.44. The third-order valence-corrected chi connectivity index (χ3v) is 3.03. The van der Waals surface area contributed by atoms with Crippen molar-refractivity contribution >= 4 is 41.4 Å². The van der Waals surface area contributed by atoms with Crippen molar-refractivity contribution in [1.82, 2.24) is 0 Å². The molecule has 0 bridgehead atoms. The van der Waals surface area contributed by atoms with Crippen molar-refractivity contribution in [3.8, 4) is 5.75 Å². The van der Waals surface area contributed by atoms with Crippen LogP contribution in [0.4, 0.5) is 0 Å². The highest BCUT2D eigenvalue weighted by Gasteiger charge is 2.24. The van der Waals surface area contributed by atoms with Crippen molar-refractivity contribution in [3.63, 3.8) is 0 Å². The van der Waals surface area contributed by atoms with E-state index in [1.807, 2.05) is 0 Å². The van der Waals surface area contributed by atoms with Gasteiger partial charge < -0.3 is 10.5 Å². The van der Waals surface area contributed by atoms with Gasteiger partial charge in [-0.1, -0.05) is 23.2 Å². The first-order valence-electron chi connectivity index (χ1n) is 4.51. The number of carbonyl (C=O) groups excluding carboxylic acids is 1. The maximum atomic E-state index is 11.8. The topological polar surface area (TPSA) is 52.3 Å². The Hall–Kier alpha value is -0.480. The Labute approximate surface area is 109 Å². The van der Waals surface area contributed by atoms with Crippen molar-refractivity contribution < 1.29 is 9.53 Å². The first-order valence-corrected chi connectivity index (χ1v) is 5.27. The molecule has 1 aliphatic heterocycles. The molecule has 1 aromatic carbocycles. The maximum absolute atomic E-state index is 11.8. The second-order valence-electron chi connectivity index (χ2n) is 3.37. The summed E-state index contributed by atoms with van der Waals surface area (Å²) in [6, 6.07) is 2.53. The maximum Gasteiger partial charge on any atom is 0.183 e. The van der Waals surface area contributed by atoms with Crippen LogP contribution in [-0.4, -0.2) is 18.4 Å². The van der Waals surface area contributed by atoms with Gasteiger partial charge in [-0.2, -0.15) is 0 Å². The molecule has 0 amide bonds. The van der Waals surface area contributed by atoms with Gasteiger partial charge in [-0.15, -0.1) is 12.4 Å². The summed E-state index contributed by atoms with van der Waals surface area (Å²) in [5.74, 6) is 0.309. The summed E-state index contributed by atoms with van der Waals surface area (Å²) in [7, 11) is 0. The van der Waals surface area contributed by atoms with Gasteiger partial charge in [-0.25, -0.2) is 0 Å². The van der Waals surface area contributed by atoms with E-state index in [0.29, 0.717) is 34.4 Å². The van der Waals surface area contributed by atoms with E-state index in [1.54, 1.807) is 6.07 Å². The van der Waals surface area contributed by atoms with Crippen molar-refractivity contribution in [1.29, 1.82) is 0 Å². The molecule has 0 aromatic heterocycles. The van der Waals surface area contributed by atoms with Crippen LogP contribution < -0.4 is 10.5 Å². The lowest BCUT2D eigenvalue weighted by Gasteiger charge is -2.07. The third-order valence-electron chi connectivity index (χ3n) is 2.31. The second-order valence-corrected chi connectivity index (χ2v) is 4.18. The first kappa shape index (κ1) is 13.6. The predicted octanol–water partition coefficient (Wildman–Crippen LogP) is 2.71. The van der Waals surface area contributed by atoms with Crippen LogP contribution in [0.5, 0.6) is 5.75 Å². The third kappa shape index (κ3) is 2.43. The van der Waals surface area contributed by atoms with Crippen LogP contribution in [0, 0.1) is 0 Å². The molecular formula is C10H10Cl3NO2. The lowest BCUT2D eigenvalue weighted by molar-refractivity contribution is 0.0960. The highest BCUT2D eigenvalue weighted by molar-refractivity contribution is 6.42. The molecule has 3 nitrogen and oxygen atoms in total. The average Bonchev–Trinajstić information content (AvgIpc) is 2.32. The Morgan fingerprint density at radius 3 is 2.62 bits per heavy atom. The summed E-state index contributed by atoms with van der Waals surface area (Å²) in [5.41, 5.74) is 6.09. The van der Waals surface area contributed by atoms with Gasteiger partial charge in [0.25, 0.3) is 0 Å². The summed E-state index contributed by atoms with van der Waals surface area (Å²) < 4.78 is 5.38. The highest BCUT2D eigenvalue weighted by atomic mass is 35.5. The van der Waals surface area contributed by atoms with Crippen molar-refractivity contribution in [3.05, 3.63) is 27.7 Å². The predicted molar refractivity (Wildman–Crippen MR) is 66.1 cm³/mol. The van der Waals surface area contributed by atoms with E-state index in [4.69, 9.17) is 33.7 Å². The molecule has 2 N–H and O–H groups in total. The number of nitrogens with two attached hydrogens (primary N) is 1. The Morgan fingerprint density at radius 1 is 1.31 bits per heavy atom. The number of hydrogen-bond donors (Lipinski definition) is 1. The van der Waals surface area contributed by atoms with Gasteiger partial charge in [0.15, 0.2) is 5.78 Å². The molecule has 0 aliphatic carbocycles. The Balaban J connectivity index is 0.00000128. The van der Waals surface area contributed by atoms with Crippen LogP contribution in [0.15, 0.2) is 12.1 Å². The zero-order valence-electron chi connectivity index (χ0n) is 8.20. The largest absolute Gasteiger partial charge is 0.493 e. The SMILES string of the molecule is Cl.NC1CCOc2cc(Cl)c(Cl)cc2C1=O. The van der Waals surface area contributed by atoms with Gasteiger partial charge in [0.05, 0.1) is 28.3 Å². The molecule has 1 unspecified atom stereocenters.